The van der Waals surface area contributed by atoms with Crippen molar-refractivity contribution in [1.29, 1.82) is 0 Å². The number of benzene rings is 1. The molecule has 0 atom stereocenters. The van der Waals surface area contributed by atoms with E-state index in [9.17, 15) is 15.3 Å². The van der Waals surface area contributed by atoms with Crippen molar-refractivity contribution >= 4 is 28.1 Å². The Labute approximate surface area is 178 Å². The second-order valence-electron chi connectivity index (χ2n) is 8.17. The third kappa shape index (κ3) is 3.19. The second kappa shape index (κ2) is 7.47. The van der Waals surface area contributed by atoms with Crippen LogP contribution in [-0.2, 0) is 6.54 Å². The largest absolute Gasteiger partial charge is 0.506 e. The highest BCUT2D eigenvalue weighted by molar-refractivity contribution is 5.93. The van der Waals surface area contributed by atoms with Crippen LogP contribution in [-0.4, -0.2) is 71.1 Å². The molecule has 4 N–H and O–H groups in total. The molecule has 0 unspecified atom stereocenters. The van der Waals surface area contributed by atoms with Gasteiger partial charge in [-0.05, 0) is 31.9 Å². The minimum Gasteiger partial charge on any atom is -0.506 e. The normalized spacial score (nSPS) is 16.4. The van der Waals surface area contributed by atoms with E-state index in [2.05, 4.69) is 24.8 Å². The molecule has 0 bridgehead atoms. The molecular weight excluding hydrogens is 398 g/mol. The lowest BCUT2D eigenvalue weighted by atomic mass is 9.80. The van der Waals surface area contributed by atoms with Crippen molar-refractivity contribution in [2.45, 2.75) is 26.3 Å². The standard InChI is InChI=1S/C21H25N7O3/c1-2-27-12-24-14-7-13(8-15(31)18(14)27)16-17-19(23-11-22-17)26-20(25-16)28-5-3-21(9-29,10-30)4-6-28/h7-8,11-12,29-31H,2-6,9-10H2,1H3,(H,22,23,25,26). The fourth-order valence-corrected chi connectivity index (χ4v) is 4.28. The Hall–Kier alpha value is -3.24. The Morgan fingerprint density at radius 2 is 1.87 bits per heavy atom. The highest BCUT2D eigenvalue weighted by atomic mass is 16.3. The van der Waals surface area contributed by atoms with Gasteiger partial charge in [0.25, 0.3) is 0 Å². The molecule has 10 nitrogen and oxygen atoms in total. The molecule has 3 aromatic heterocycles. The number of aliphatic hydroxyl groups is 2. The summed E-state index contributed by atoms with van der Waals surface area (Å²) in [6, 6.07) is 3.59. The summed E-state index contributed by atoms with van der Waals surface area (Å²) >= 11 is 0. The smallest absolute Gasteiger partial charge is 0.228 e. The molecule has 10 heteroatoms. The van der Waals surface area contributed by atoms with E-state index >= 15 is 0 Å². The van der Waals surface area contributed by atoms with Gasteiger partial charge in [-0.3, -0.25) is 0 Å². The molecule has 1 aliphatic heterocycles. The van der Waals surface area contributed by atoms with Gasteiger partial charge in [-0.15, -0.1) is 0 Å². The van der Waals surface area contributed by atoms with Crippen molar-refractivity contribution in [2.75, 3.05) is 31.2 Å². The maximum Gasteiger partial charge on any atom is 0.228 e. The lowest BCUT2D eigenvalue weighted by Gasteiger charge is -2.39. The Morgan fingerprint density at radius 3 is 2.58 bits per heavy atom. The molecule has 0 spiro atoms. The van der Waals surface area contributed by atoms with Crippen LogP contribution in [0.4, 0.5) is 5.95 Å². The SMILES string of the molecule is CCn1cnc2cc(-c3nc(N4CCC(CO)(CO)CC4)nc4[nH]cnc34)cc(O)c21. The van der Waals surface area contributed by atoms with Crippen molar-refractivity contribution in [3.05, 3.63) is 24.8 Å². The number of aryl methyl sites for hydroxylation is 1. The fraction of sp³-hybridized carbons (Fsp3) is 0.429. The van der Waals surface area contributed by atoms with Crippen molar-refractivity contribution in [3.63, 3.8) is 0 Å². The van der Waals surface area contributed by atoms with Gasteiger partial charge in [-0.2, -0.15) is 4.98 Å². The van der Waals surface area contributed by atoms with Gasteiger partial charge >= 0.3 is 0 Å². The molecular formula is C21H25N7O3. The van der Waals surface area contributed by atoms with Crippen molar-refractivity contribution in [3.8, 4) is 17.0 Å². The summed E-state index contributed by atoms with van der Waals surface area (Å²) < 4.78 is 1.90. The minimum absolute atomic E-state index is 0.0350. The summed E-state index contributed by atoms with van der Waals surface area (Å²) in [5.74, 6) is 0.694. The van der Waals surface area contributed by atoms with Crippen molar-refractivity contribution in [2.24, 2.45) is 5.41 Å². The Morgan fingerprint density at radius 1 is 1.10 bits per heavy atom. The number of H-pyrrole nitrogens is 1. The number of anilines is 1. The van der Waals surface area contributed by atoms with Gasteiger partial charge in [0.1, 0.15) is 22.5 Å². The van der Waals surface area contributed by atoms with Gasteiger partial charge in [0, 0.05) is 30.6 Å². The number of aliphatic hydroxyl groups excluding tert-OH is 2. The molecule has 1 fully saturated rings. The number of hydrogen-bond acceptors (Lipinski definition) is 8. The predicted octanol–water partition coefficient (Wildman–Crippen LogP) is 1.67. The van der Waals surface area contributed by atoms with Gasteiger partial charge in [-0.25, -0.2) is 15.0 Å². The van der Waals surface area contributed by atoms with Crippen LogP contribution >= 0.6 is 0 Å². The zero-order chi connectivity index (χ0) is 21.6. The van der Waals surface area contributed by atoms with Crippen molar-refractivity contribution < 1.29 is 15.3 Å². The van der Waals surface area contributed by atoms with E-state index in [0.29, 0.717) is 71.9 Å². The molecule has 4 aromatic rings. The van der Waals surface area contributed by atoms with E-state index in [1.54, 1.807) is 18.7 Å². The average molecular weight is 423 g/mol. The van der Waals surface area contributed by atoms with Crippen LogP contribution in [0.25, 0.3) is 33.5 Å². The number of phenolic OH excluding ortho intramolecular Hbond substituents is 1. The summed E-state index contributed by atoms with van der Waals surface area (Å²) in [7, 11) is 0. The second-order valence-corrected chi connectivity index (χ2v) is 8.17. The molecule has 31 heavy (non-hydrogen) atoms. The minimum atomic E-state index is -0.452. The van der Waals surface area contributed by atoms with Crippen LogP contribution in [0.3, 0.4) is 0 Å². The van der Waals surface area contributed by atoms with Crippen LogP contribution < -0.4 is 4.90 Å². The highest BCUT2D eigenvalue weighted by Crippen LogP contribution is 2.35. The Bertz CT molecular complexity index is 1230. The van der Waals surface area contributed by atoms with Crippen LogP contribution in [0.5, 0.6) is 5.75 Å². The Kier molecular flexibility index (Phi) is 4.75. The molecule has 5 rings (SSSR count). The first-order valence-corrected chi connectivity index (χ1v) is 10.4. The maximum atomic E-state index is 10.7. The molecule has 0 saturated carbocycles. The van der Waals surface area contributed by atoms with E-state index in [-0.39, 0.29) is 19.0 Å². The zero-order valence-electron chi connectivity index (χ0n) is 17.3. The number of rotatable bonds is 5. The quantitative estimate of drug-likeness (QED) is 0.381. The number of hydrogen-bond donors (Lipinski definition) is 4. The topological polar surface area (TPSA) is 136 Å². The molecule has 1 saturated heterocycles. The predicted molar refractivity (Wildman–Crippen MR) is 116 cm³/mol. The first-order valence-electron chi connectivity index (χ1n) is 10.4. The molecule has 0 radical (unpaired) electrons. The number of aromatic amines is 1. The zero-order valence-corrected chi connectivity index (χ0v) is 17.3. The summed E-state index contributed by atoms with van der Waals surface area (Å²) in [5.41, 5.74) is 3.49. The third-order valence-corrected chi connectivity index (χ3v) is 6.35. The number of fused-ring (bicyclic) bond motifs is 2. The molecule has 1 aliphatic rings. The number of imidazole rings is 2. The molecule has 0 amide bonds. The molecule has 162 valence electrons. The van der Waals surface area contributed by atoms with Gasteiger partial charge in [0.2, 0.25) is 5.95 Å². The maximum absolute atomic E-state index is 10.7. The monoisotopic (exact) mass is 423 g/mol. The van der Waals surface area contributed by atoms with E-state index in [1.165, 1.54) is 0 Å². The summed E-state index contributed by atoms with van der Waals surface area (Å²) in [5, 5.41) is 30.0. The van der Waals surface area contributed by atoms with E-state index < -0.39 is 5.41 Å². The van der Waals surface area contributed by atoms with Gasteiger partial charge in [-0.1, -0.05) is 0 Å². The number of aromatic hydroxyl groups is 1. The third-order valence-electron chi connectivity index (χ3n) is 6.35. The van der Waals surface area contributed by atoms with Gasteiger partial charge < -0.3 is 29.8 Å². The van der Waals surface area contributed by atoms with E-state index in [1.807, 2.05) is 17.6 Å². The number of nitrogens with zero attached hydrogens (tertiary/aromatic N) is 6. The summed E-state index contributed by atoms with van der Waals surface area (Å²) in [6.45, 7) is 3.90. The Balaban J connectivity index is 1.57. The van der Waals surface area contributed by atoms with Crippen LogP contribution in [0.2, 0.25) is 0 Å². The highest BCUT2D eigenvalue weighted by Gasteiger charge is 2.34. The molecule has 4 heterocycles. The lowest BCUT2D eigenvalue weighted by Crippen LogP contribution is -2.44. The summed E-state index contributed by atoms with van der Waals surface area (Å²) in [4.78, 5) is 23.4. The first kappa shape index (κ1) is 19.7. The number of phenols is 1. The van der Waals surface area contributed by atoms with Gasteiger partial charge in [0.15, 0.2) is 5.65 Å². The van der Waals surface area contributed by atoms with Crippen LogP contribution in [0, 0.1) is 5.41 Å². The fourth-order valence-electron chi connectivity index (χ4n) is 4.28. The molecule has 1 aromatic carbocycles. The number of nitrogens with one attached hydrogen (secondary N) is 1. The first-order chi connectivity index (χ1) is 15.1. The van der Waals surface area contributed by atoms with Gasteiger partial charge in [0.05, 0.1) is 31.4 Å². The lowest BCUT2D eigenvalue weighted by molar-refractivity contribution is 0.0338. The van der Waals surface area contributed by atoms with E-state index in [0.717, 1.165) is 0 Å². The van der Waals surface area contributed by atoms with Crippen LogP contribution in [0.1, 0.15) is 19.8 Å². The van der Waals surface area contributed by atoms with E-state index in [4.69, 9.17) is 4.98 Å². The average Bonchev–Trinajstić information content (AvgIpc) is 3.45. The number of aromatic nitrogens is 6. The molecule has 0 aliphatic carbocycles. The van der Waals surface area contributed by atoms with Crippen LogP contribution in [0.15, 0.2) is 24.8 Å². The number of piperidine rings is 1. The summed E-state index contributed by atoms with van der Waals surface area (Å²) in [6.07, 6.45) is 4.60. The van der Waals surface area contributed by atoms with Crippen molar-refractivity contribution in [1.82, 2.24) is 29.5 Å².